The van der Waals surface area contributed by atoms with Crippen molar-refractivity contribution in [3.05, 3.63) is 6.10 Å². The van der Waals surface area contributed by atoms with Crippen LogP contribution in [0.3, 0.4) is 0 Å². The first-order chi connectivity index (χ1) is 10.1. The highest BCUT2D eigenvalue weighted by Gasteiger charge is 2.43. The van der Waals surface area contributed by atoms with E-state index in [-0.39, 0.29) is 6.61 Å². The van der Waals surface area contributed by atoms with Crippen molar-refractivity contribution in [2.45, 2.75) is 89.1 Å². The molecule has 1 heterocycles. The van der Waals surface area contributed by atoms with Crippen molar-refractivity contribution in [3.63, 3.8) is 0 Å². The van der Waals surface area contributed by atoms with Gasteiger partial charge in [-0.25, -0.2) is 0 Å². The van der Waals surface area contributed by atoms with Gasteiger partial charge in [0.05, 0.1) is 6.61 Å². The fourth-order valence-corrected chi connectivity index (χ4v) is 2.72. The van der Waals surface area contributed by atoms with Crippen molar-refractivity contribution >= 4 is 0 Å². The van der Waals surface area contributed by atoms with E-state index in [2.05, 4.69) is 6.92 Å². The summed E-state index contributed by atoms with van der Waals surface area (Å²) in [6.07, 6.45) is 5.94. The van der Waals surface area contributed by atoms with Crippen LogP contribution in [0, 0.1) is 6.10 Å². The van der Waals surface area contributed by atoms with Gasteiger partial charge in [0.25, 0.3) is 0 Å². The van der Waals surface area contributed by atoms with E-state index in [1.807, 2.05) is 0 Å². The lowest BCUT2D eigenvalue weighted by Gasteiger charge is -2.39. The van der Waals surface area contributed by atoms with Crippen molar-refractivity contribution in [1.29, 1.82) is 0 Å². The molecule has 4 atom stereocenters. The van der Waals surface area contributed by atoms with E-state index in [1.54, 1.807) is 0 Å². The molecule has 5 heteroatoms. The molecule has 0 amide bonds. The van der Waals surface area contributed by atoms with Gasteiger partial charge in [-0.15, -0.1) is 0 Å². The van der Waals surface area contributed by atoms with E-state index in [9.17, 15) is 15.3 Å². The van der Waals surface area contributed by atoms with E-state index in [4.69, 9.17) is 9.84 Å². The predicted molar refractivity (Wildman–Crippen MR) is 80.4 cm³/mol. The molecule has 1 radical (unpaired) electrons. The van der Waals surface area contributed by atoms with Crippen LogP contribution in [0.4, 0.5) is 0 Å². The van der Waals surface area contributed by atoms with Crippen molar-refractivity contribution in [3.8, 4) is 0 Å². The number of hydrogen-bond donors (Lipinski definition) is 4. The summed E-state index contributed by atoms with van der Waals surface area (Å²) in [5, 5.41) is 38.3. The first kappa shape index (κ1) is 18.8. The van der Waals surface area contributed by atoms with Gasteiger partial charge in [-0.2, -0.15) is 0 Å². The van der Waals surface area contributed by atoms with Gasteiger partial charge in [-0.05, 0) is 6.42 Å². The van der Waals surface area contributed by atoms with Gasteiger partial charge in [-0.1, -0.05) is 58.3 Å². The maximum atomic E-state index is 9.87. The van der Waals surface area contributed by atoms with Gasteiger partial charge >= 0.3 is 0 Å². The summed E-state index contributed by atoms with van der Waals surface area (Å²) in [6, 6.07) is 0. The van der Waals surface area contributed by atoms with Gasteiger partial charge in [0.15, 0.2) is 0 Å². The standard InChI is InChI=1S/C16H31O5/c1-2-3-4-5-6-7-8-9-10-12-14(18)16(20)15(19)13(11-17)21-12/h13-20H,2-11H2,1H3/t13-,14+,15-,16-/m1/s1. The molecule has 1 rings (SSSR count). The van der Waals surface area contributed by atoms with Gasteiger partial charge in [0, 0.05) is 0 Å². The molecule has 0 bridgehead atoms. The second-order valence-corrected chi connectivity index (χ2v) is 5.96. The highest BCUT2D eigenvalue weighted by molar-refractivity contribution is 5.01. The monoisotopic (exact) mass is 303 g/mol. The summed E-state index contributed by atoms with van der Waals surface area (Å²) in [7, 11) is 0. The third-order valence-electron chi connectivity index (χ3n) is 4.14. The molecule has 125 valence electrons. The minimum absolute atomic E-state index is 0.369. The molecule has 0 spiro atoms. The van der Waals surface area contributed by atoms with Crippen molar-refractivity contribution in [2.75, 3.05) is 6.61 Å². The van der Waals surface area contributed by atoms with E-state index < -0.39 is 24.4 Å². The minimum Gasteiger partial charge on any atom is -0.394 e. The van der Waals surface area contributed by atoms with Crippen LogP contribution < -0.4 is 0 Å². The molecular formula is C16H31O5. The highest BCUT2D eigenvalue weighted by Crippen LogP contribution is 2.30. The normalized spacial score (nSPS) is 30.7. The lowest BCUT2D eigenvalue weighted by atomic mass is 9.92. The number of ether oxygens (including phenoxy) is 1. The SMILES string of the molecule is CCCCCCCCCC[C]1O[C@H](CO)[C@@H](O)[C@H](O)[C@H]1O. The zero-order valence-electron chi connectivity index (χ0n) is 13.1. The van der Waals surface area contributed by atoms with Crippen LogP contribution in [0.1, 0.15) is 64.7 Å². The Kier molecular flexibility index (Phi) is 9.44. The molecule has 1 fully saturated rings. The van der Waals surface area contributed by atoms with Crippen LogP contribution in [0.2, 0.25) is 0 Å². The molecule has 0 aromatic rings. The molecule has 0 aliphatic carbocycles. The molecule has 1 saturated heterocycles. The Morgan fingerprint density at radius 1 is 0.857 bits per heavy atom. The topological polar surface area (TPSA) is 90.2 Å². The van der Waals surface area contributed by atoms with Gasteiger partial charge in [0.1, 0.15) is 30.5 Å². The van der Waals surface area contributed by atoms with Crippen LogP contribution in [-0.4, -0.2) is 51.4 Å². The fourth-order valence-electron chi connectivity index (χ4n) is 2.72. The highest BCUT2D eigenvalue weighted by atomic mass is 16.5. The lowest BCUT2D eigenvalue weighted by molar-refractivity contribution is -0.192. The summed E-state index contributed by atoms with van der Waals surface area (Å²) >= 11 is 0. The third-order valence-corrected chi connectivity index (χ3v) is 4.14. The predicted octanol–water partition coefficient (Wildman–Crippen LogP) is 1.52. The molecule has 0 unspecified atom stereocenters. The average Bonchev–Trinajstić information content (AvgIpc) is 2.49. The summed E-state index contributed by atoms with van der Waals surface area (Å²) in [5.74, 6) is 0. The Hall–Kier alpha value is -0.200. The smallest absolute Gasteiger partial charge is 0.129 e. The molecule has 21 heavy (non-hydrogen) atoms. The molecule has 4 N–H and O–H groups in total. The molecule has 1 aliphatic heterocycles. The summed E-state index contributed by atoms with van der Waals surface area (Å²) in [6.45, 7) is 1.84. The van der Waals surface area contributed by atoms with Gasteiger partial charge in [-0.3, -0.25) is 0 Å². The van der Waals surface area contributed by atoms with Crippen molar-refractivity contribution in [1.82, 2.24) is 0 Å². The van der Waals surface area contributed by atoms with Crippen LogP contribution in [0.25, 0.3) is 0 Å². The largest absolute Gasteiger partial charge is 0.394 e. The molecule has 0 aromatic heterocycles. The molecule has 5 nitrogen and oxygen atoms in total. The zero-order valence-corrected chi connectivity index (χ0v) is 13.1. The Morgan fingerprint density at radius 2 is 1.43 bits per heavy atom. The maximum absolute atomic E-state index is 9.87. The minimum atomic E-state index is -1.28. The van der Waals surface area contributed by atoms with Crippen LogP contribution in [0.15, 0.2) is 0 Å². The van der Waals surface area contributed by atoms with E-state index in [0.717, 1.165) is 12.8 Å². The molecule has 0 saturated carbocycles. The number of rotatable bonds is 10. The Bertz CT molecular complexity index is 259. The number of unbranched alkanes of at least 4 members (excludes halogenated alkanes) is 7. The van der Waals surface area contributed by atoms with Crippen LogP contribution in [-0.2, 0) is 4.74 Å². The average molecular weight is 303 g/mol. The van der Waals surface area contributed by atoms with Gasteiger partial charge in [0.2, 0.25) is 0 Å². The van der Waals surface area contributed by atoms with Crippen molar-refractivity contribution in [2.24, 2.45) is 0 Å². The summed E-state index contributed by atoms with van der Waals surface area (Å²) < 4.78 is 5.40. The van der Waals surface area contributed by atoms with E-state index in [0.29, 0.717) is 12.5 Å². The van der Waals surface area contributed by atoms with Crippen LogP contribution >= 0.6 is 0 Å². The quantitative estimate of drug-likeness (QED) is 0.459. The Morgan fingerprint density at radius 3 is 2.00 bits per heavy atom. The van der Waals surface area contributed by atoms with Crippen LogP contribution in [0.5, 0.6) is 0 Å². The van der Waals surface area contributed by atoms with E-state index >= 15 is 0 Å². The number of aliphatic hydroxyl groups excluding tert-OH is 4. The first-order valence-corrected chi connectivity index (χ1v) is 8.29. The zero-order chi connectivity index (χ0) is 15.7. The van der Waals surface area contributed by atoms with Crippen molar-refractivity contribution < 1.29 is 25.2 Å². The van der Waals surface area contributed by atoms with E-state index in [1.165, 1.54) is 38.5 Å². The third kappa shape index (κ3) is 6.20. The fraction of sp³-hybridized carbons (Fsp3) is 0.938. The summed E-state index contributed by atoms with van der Waals surface area (Å²) in [5.41, 5.74) is 0. The maximum Gasteiger partial charge on any atom is 0.129 e. The second kappa shape index (κ2) is 10.5. The second-order valence-electron chi connectivity index (χ2n) is 5.96. The Labute approximate surface area is 127 Å². The lowest BCUT2D eigenvalue weighted by Crippen LogP contribution is -2.55. The number of aliphatic hydroxyl groups is 4. The van der Waals surface area contributed by atoms with Gasteiger partial charge < -0.3 is 25.2 Å². The molecular weight excluding hydrogens is 272 g/mol. The Balaban J connectivity index is 2.16. The summed E-state index contributed by atoms with van der Waals surface area (Å²) in [4.78, 5) is 0. The molecule has 1 aliphatic rings. The first-order valence-electron chi connectivity index (χ1n) is 8.29. The molecule has 0 aromatic carbocycles. The number of hydrogen-bond acceptors (Lipinski definition) is 5.